The average Bonchev–Trinajstić information content (AvgIpc) is 3.91. The standard InChI is InChI=1S/C47H29N3OS.C3H6/c1-48-38-20-10-7-19-34(38)44(33-18-6-5-15-30(33)28-13-3-2-4-14-28)49-27-50-39-26-36-31-16-8-11-21-40(31)51-46(36)35-24-23-29-25-37-32-17-9-12-22-41(32)52-47(37)45(50)42(29)43(35)39;1-3-2/h2-26H,1,27H2;3H,1H2,2H3/b49-44-;. The molecule has 0 radical (unpaired) electrons. The van der Waals surface area contributed by atoms with Crippen molar-refractivity contribution >= 4 is 104 Å². The molecule has 11 aromatic rings. The van der Waals surface area contributed by atoms with Crippen molar-refractivity contribution in [1.82, 2.24) is 4.57 Å². The monoisotopic (exact) mass is 725 g/mol. The maximum atomic E-state index is 6.60. The van der Waals surface area contributed by atoms with E-state index in [0.717, 1.165) is 66.5 Å². The van der Waals surface area contributed by atoms with E-state index in [1.165, 1.54) is 41.8 Å². The van der Waals surface area contributed by atoms with Crippen LogP contribution in [0.25, 0.3) is 85.8 Å². The van der Waals surface area contributed by atoms with E-state index in [4.69, 9.17) is 9.41 Å². The zero-order chi connectivity index (χ0) is 37.0. The lowest BCUT2D eigenvalue weighted by atomic mass is 9.92. The van der Waals surface area contributed by atoms with Crippen molar-refractivity contribution in [2.45, 2.75) is 13.6 Å². The lowest BCUT2D eigenvalue weighted by molar-refractivity contribution is 0.672. The summed E-state index contributed by atoms with van der Waals surface area (Å²) < 4.78 is 11.6. The summed E-state index contributed by atoms with van der Waals surface area (Å²) in [6.07, 6.45) is 1.75. The van der Waals surface area contributed by atoms with Gasteiger partial charge in [0.05, 0.1) is 27.1 Å². The molecule has 0 spiro atoms. The lowest BCUT2D eigenvalue weighted by Gasteiger charge is -2.16. The summed E-state index contributed by atoms with van der Waals surface area (Å²) in [6.45, 7) is 9.60. The van der Waals surface area contributed by atoms with Gasteiger partial charge in [0.25, 0.3) is 0 Å². The van der Waals surface area contributed by atoms with Gasteiger partial charge in [0.15, 0.2) is 0 Å². The van der Waals surface area contributed by atoms with Gasteiger partial charge < -0.3 is 8.98 Å². The Morgan fingerprint density at radius 2 is 1.40 bits per heavy atom. The third-order valence-corrected chi connectivity index (χ3v) is 11.8. The van der Waals surface area contributed by atoms with Gasteiger partial charge >= 0.3 is 0 Å². The van der Waals surface area contributed by atoms with Gasteiger partial charge in [-0.1, -0.05) is 121 Å². The number of thiophene rings is 1. The molecule has 0 aliphatic heterocycles. The molecule has 0 bridgehead atoms. The van der Waals surface area contributed by atoms with E-state index in [-0.39, 0.29) is 0 Å². The van der Waals surface area contributed by atoms with Gasteiger partial charge in [-0.2, -0.15) is 0 Å². The first-order valence-corrected chi connectivity index (χ1v) is 19.2. The summed E-state index contributed by atoms with van der Waals surface area (Å²) in [7, 11) is 0. The van der Waals surface area contributed by atoms with Crippen LogP contribution in [0.1, 0.15) is 18.1 Å². The Balaban J connectivity index is 0.00000120. The number of allylic oxidation sites excluding steroid dienone is 1. The van der Waals surface area contributed by atoms with Crippen LogP contribution < -0.4 is 0 Å². The van der Waals surface area contributed by atoms with Crippen molar-refractivity contribution < 1.29 is 4.42 Å². The molecule has 55 heavy (non-hydrogen) atoms. The zero-order valence-corrected chi connectivity index (χ0v) is 31.1. The number of nitrogens with zero attached hydrogens (tertiary/aromatic N) is 3. The molecule has 8 aromatic carbocycles. The van der Waals surface area contributed by atoms with E-state index in [9.17, 15) is 0 Å². The molecule has 5 heteroatoms. The molecule has 0 fully saturated rings. The van der Waals surface area contributed by atoms with E-state index in [1.54, 1.807) is 6.08 Å². The number of furan rings is 1. The topological polar surface area (TPSA) is 42.8 Å². The Morgan fingerprint density at radius 1 is 0.691 bits per heavy atom. The van der Waals surface area contributed by atoms with Crippen LogP contribution in [0, 0.1) is 0 Å². The number of hydrogen-bond acceptors (Lipinski definition) is 4. The number of para-hydroxylation sites is 2. The van der Waals surface area contributed by atoms with Gasteiger partial charge in [-0.05, 0) is 66.6 Å². The second kappa shape index (κ2) is 13.2. The fourth-order valence-corrected chi connectivity index (χ4v) is 9.53. The van der Waals surface area contributed by atoms with Crippen molar-refractivity contribution in [3.05, 3.63) is 175 Å². The van der Waals surface area contributed by atoms with Crippen molar-refractivity contribution in [3.8, 4) is 11.1 Å². The first kappa shape index (κ1) is 32.8. The van der Waals surface area contributed by atoms with Gasteiger partial charge in [-0.3, -0.25) is 9.98 Å². The zero-order valence-electron chi connectivity index (χ0n) is 30.3. The van der Waals surface area contributed by atoms with Crippen molar-refractivity contribution in [1.29, 1.82) is 0 Å². The SMILES string of the molecule is C=CC.C=Nc1ccccc1/C(=N\Cn1c2cc3c4ccccc4oc3c3ccc4cc5c6ccccc6sc5c1c4c32)c1ccccc1-c1ccccc1. The van der Waals surface area contributed by atoms with Crippen LogP contribution in [0.5, 0.6) is 0 Å². The highest BCUT2D eigenvalue weighted by Crippen LogP contribution is 2.48. The minimum atomic E-state index is 0.400. The first-order valence-electron chi connectivity index (χ1n) is 18.4. The number of hydrogen-bond donors (Lipinski definition) is 0. The van der Waals surface area contributed by atoms with Crippen LogP contribution in [0.2, 0.25) is 0 Å². The van der Waals surface area contributed by atoms with Crippen molar-refractivity contribution in [2.75, 3.05) is 0 Å². The second-order valence-electron chi connectivity index (χ2n) is 13.7. The molecule has 0 saturated heterocycles. The van der Waals surface area contributed by atoms with Crippen molar-refractivity contribution in [3.63, 3.8) is 0 Å². The van der Waals surface area contributed by atoms with E-state index in [2.05, 4.69) is 156 Å². The smallest absolute Gasteiger partial charge is 0.143 e. The quantitative estimate of drug-likeness (QED) is 0.0956. The molecule has 3 heterocycles. The van der Waals surface area contributed by atoms with Gasteiger partial charge in [0, 0.05) is 53.5 Å². The molecule has 4 nitrogen and oxygen atoms in total. The molecular weight excluding hydrogens is 691 g/mol. The minimum absolute atomic E-state index is 0.400. The Morgan fingerprint density at radius 3 is 2.24 bits per heavy atom. The Labute approximate surface area is 322 Å². The Bertz CT molecular complexity index is 3290. The second-order valence-corrected chi connectivity index (χ2v) is 14.8. The maximum Gasteiger partial charge on any atom is 0.143 e. The first-order chi connectivity index (χ1) is 27.2. The molecule has 0 amide bonds. The van der Waals surface area contributed by atoms with E-state index >= 15 is 0 Å². The van der Waals surface area contributed by atoms with Crippen LogP contribution in [0.3, 0.4) is 0 Å². The van der Waals surface area contributed by atoms with Gasteiger partial charge in [0.1, 0.15) is 17.8 Å². The third kappa shape index (κ3) is 5.12. The van der Waals surface area contributed by atoms with E-state index in [0.29, 0.717) is 6.67 Å². The highest BCUT2D eigenvalue weighted by atomic mass is 32.1. The summed E-state index contributed by atoms with van der Waals surface area (Å²) in [4.78, 5) is 10.1. The Hall–Kier alpha value is -6.82. The molecule has 0 unspecified atom stereocenters. The minimum Gasteiger partial charge on any atom is -0.455 e. The Kier molecular flexibility index (Phi) is 7.90. The van der Waals surface area contributed by atoms with Crippen LogP contribution in [-0.2, 0) is 6.67 Å². The molecule has 0 aliphatic carbocycles. The van der Waals surface area contributed by atoms with Crippen molar-refractivity contribution in [2.24, 2.45) is 9.98 Å². The number of fused-ring (bicyclic) bond motifs is 8. The molecule has 0 N–H and O–H groups in total. The number of aliphatic imine (C=N–C) groups is 2. The average molecular weight is 726 g/mol. The number of benzene rings is 8. The summed E-state index contributed by atoms with van der Waals surface area (Å²) in [5, 5.41) is 9.60. The van der Waals surface area contributed by atoms with Gasteiger partial charge in [-0.15, -0.1) is 17.9 Å². The molecule has 11 rings (SSSR count). The van der Waals surface area contributed by atoms with Crippen LogP contribution in [0.15, 0.2) is 179 Å². The molecule has 3 aromatic heterocycles. The maximum absolute atomic E-state index is 6.60. The molecule has 0 saturated carbocycles. The van der Waals surface area contributed by atoms with E-state index in [1.807, 2.05) is 36.5 Å². The predicted molar refractivity (Wildman–Crippen MR) is 237 cm³/mol. The number of rotatable bonds is 6. The molecule has 0 atom stereocenters. The summed E-state index contributed by atoms with van der Waals surface area (Å²) in [5.74, 6) is 0. The summed E-state index contributed by atoms with van der Waals surface area (Å²) in [6, 6.07) is 53.6. The normalized spacial score (nSPS) is 12.1. The highest BCUT2D eigenvalue weighted by Gasteiger charge is 2.24. The summed E-state index contributed by atoms with van der Waals surface area (Å²) >= 11 is 1.86. The van der Waals surface area contributed by atoms with Gasteiger partial charge in [-0.25, -0.2) is 0 Å². The predicted octanol–water partition coefficient (Wildman–Crippen LogP) is 14.3. The summed E-state index contributed by atoms with van der Waals surface area (Å²) in [5.41, 5.74) is 10.1. The number of aromatic nitrogens is 1. The van der Waals surface area contributed by atoms with Gasteiger partial charge in [0.2, 0.25) is 0 Å². The molecule has 0 aliphatic rings. The van der Waals surface area contributed by atoms with Crippen LogP contribution in [0.4, 0.5) is 5.69 Å². The fourth-order valence-electron chi connectivity index (χ4n) is 8.29. The third-order valence-electron chi connectivity index (χ3n) is 10.6. The van der Waals surface area contributed by atoms with Crippen LogP contribution >= 0.6 is 11.3 Å². The highest BCUT2D eigenvalue weighted by molar-refractivity contribution is 7.26. The fraction of sp³-hybridized carbons (Fsp3) is 0.0400. The molecular formula is C50H35N3OS. The van der Waals surface area contributed by atoms with E-state index < -0.39 is 0 Å². The molecule has 262 valence electrons. The lowest BCUT2D eigenvalue weighted by Crippen LogP contribution is -2.08. The van der Waals surface area contributed by atoms with Crippen LogP contribution in [-0.4, -0.2) is 17.0 Å². The largest absolute Gasteiger partial charge is 0.455 e.